The van der Waals surface area contributed by atoms with Crippen LogP contribution in [0.25, 0.3) is 0 Å². The molecule has 0 fully saturated rings. The Morgan fingerprint density at radius 1 is 0.455 bits per heavy atom. The third-order valence-electron chi connectivity index (χ3n) is 5.34. The number of benzene rings is 2. The molecular weight excluding hydrogens is 487 g/mol. The summed E-state index contributed by atoms with van der Waals surface area (Å²) in [4.78, 5) is 0. The molecule has 0 bridgehead atoms. The first-order valence-electron chi connectivity index (χ1n) is 10.9. The normalized spacial score (nSPS) is 11.8. The van der Waals surface area contributed by atoms with E-state index < -0.39 is 0 Å². The molecule has 0 aliphatic heterocycles. The Labute approximate surface area is 230 Å². The Morgan fingerprint density at radius 3 is 0.848 bits per heavy atom. The summed E-state index contributed by atoms with van der Waals surface area (Å²) in [6, 6.07) is 12.1. The Balaban J connectivity index is -0.000000500. The van der Waals surface area contributed by atoms with E-state index >= 15 is 0 Å². The predicted octanol–water partition coefficient (Wildman–Crippen LogP) is 8.82. The number of phenols is 2. The van der Waals surface area contributed by atoms with Crippen molar-refractivity contribution in [3.63, 3.8) is 0 Å². The van der Waals surface area contributed by atoms with Crippen LogP contribution in [0.1, 0.15) is 105 Å². The van der Waals surface area contributed by atoms with E-state index in [1.54, 1.807) is 0 Å². The van der Waals surface area contributed by atoms with Crippen molar-refractivity contribution in [2.75, 3.05) is 0 Å². The van der Waals surface area contributed by atoms with Crippen molar-refractivity contribution in [1.29, 1.82) is 0 Å². The molecule has 0 radical (unpaired) electrons. The third-order valence-corrected chi connectivity index (χ3v) is 5.34. The third kappa shape index (κ3) is 11.1. The van der Waals surface area contributed by atoms with Gasteiger partial charge in [-0.2, -0.15) is 0 Å². The molecule has 2 aromatic rings. The van der Waals surface area contributed by atoms with Crippen LogP contribution in [0.3, 0.4) is 0 Å². The fourth-order valence-corrected chi connectivity index (χ4v) is 3.26. The average Bonchev–Trinajstić information content (AvgIpc) is 2.51. The van der Waals surface area contributed by atoms with E-state index in [2.05, 4.69) is 95.2 Å². The van der Waals surface area contributed by atoms with Crippen LogP contribution in [0.15, 0.2) is 36.4 Å². The van der Waals surface area contributed by atoms with E-state index in [1.165, 1.54) is 11.1 Å². The number of halogens is 2. The Hall–Kier alpha value is -0.666. The van der Waals surface area contributed by atoms with Crippen LogP contribution >= 0.6 is 24.8 Å². The number of hydrogen-bond donors (Lipinski definition) is 2. The minimum absolute atomic E-state index is 0. The van der Waals surface area contributed by atoms with Crippen LogP contribution in [0.2, 0.25) is 0 Å². The molecule has 0 unspecified atom stereocenters. The maximum absolute atomic E-state index is 9.99. The van der Waals surface area contributed by atoms with Crippen molar-refractivity contribution < 1.29 is 31.9 Å². The molecule has 33 heavy (non-hydrogen) atoms. The molecule has 0 spiro atoms. The second-order valence-corrected chi connectivity index (χ2v) is 12.5. The zero-order valence-electron chi connectivity index (χ0n) is 22.7. The largest absolute Gasteiger partial charge is 0.508 e. The van der Waals surface area contributed by atoms with Gasteiger partial charge in [0.05, 0.1) is 0 Å². The first-order chi connectivity index (χ1) is 13.2. The molecular formula is C28H46Cl2O2Ti. The van der Waals surface area contributed by atoms with Crippen LogP contribution < -0.4 is 0 Å². The first-order valence-corrected chi connectivity index (χ1v) is 10.9. The second kappa shape index (κ2) is 12.9. The summed E-state index contributed by atoms with van der Waals surface area (Å²) in [7, 11) is 0. The average molecular weight is 533 g/mol. The van der Waals surface area contributed by atoms with Crippen LogP contribution in [0, 0.1) is 0 Å². The molecule has 0 saturated carbocycles. The van der Waals surface area contributed by atoms with Crippen LogP contribution in [-0.2, 0) is 43.4 Å². The number of rotatable bonds is 0. The van der Waals surface area contributed by atoms with Gasteiger partial charge in [-0.15, -0.1) is 24.8 Å². The van der Waals surface area contributed by atoms with Crippen LogP contribution in [0.5, 0.6) is 11.5 Å². The molecule has 0 aromatic heterocycles. The molecule has 5 heteroatoms. The van der Waals surface area contributed by atoms with Gasteiger partial charge >= 0.3 is 0 Å². The van der Waals surface area contributed by atoms with Gasteiger partial charge in [0.15, 0.2) is 0 Å². The van der Waals surface area contributed by atoms with Gasteiger partial charge in [0.1, 0.15) is 11.5 Å². The molecule has 0 saturated heterocycles. The maximum atomic E-state index is 9.99. The summed E-state index contributed by atoms with van der Waals surface area (Å²) in [5, 5.41) is 20.0. The molecule has 0 amide bonds. The van der Waals surface area contributed by atoms with Crippen LogP contribution in [-0.4, -0.2) is 10.2 Å². The molecule has 0 aliphatic rings. The van der Waals surface area contributed by atoms with Gasteiger partial charge in [-0.3, -0.25) is 0 Å². The predicted molar refractivity (Wildman–Crippen MR) is 146 cm³/mol. The van der Waals surface area contributed by atoms with Gasteiger partial charge in [-0.1, -0.05) is 107 Å². The van der Waals surface area contributed by atoms with Crippen LogP contribution in [0.4, 0.5) is 0 Å². The van der Waals surface area contributed by atoms with Gasteiger partial charge < -0.3 is 10.2 Å². The number of hydrogen-bond acceptors (Lipinski definition) is 2. The Morgan fingerprint density at radius 2 is 0.697 bits per heavy atom. The molecule has 2 N–H and O–H groups in total. The van der Waals surface area contributed by atoms with E-state index in [9.17, 15) is 10.2 Å². The first kappa shape index (κ1) is 36.9. The van der Waals surface area contributed by atoms with Crippen molar-refractivity contribution in [2.45, 2.75) is 105 Å². The molecule has 0 atom stereocenters. The van der Waals surface area contributed by atoms with Crippen molar-refractivity contribution in [2.24, 2.45) is 0 Å². The standard InChI is InChI=1S/2C14H22O.2ClH.Ti/c2*1-13(2,3)10-7-8-11(12(15)9-10)14(4,5)6;;;/h2*7-9,15H,1-6H3;2*1H;. The van der Waals surface area contributed by atoms with Crippen molar-refractivity contribution in [3.8, 4) is 11.5 Å². The summed E-state index contributed by atoms with van der Waals surface area (Å²) in [6.07, 6.45) is 0. The fourth-order valence-electron chi connectivity index (χ4n) is 3.26. The number of aromatic hydroxyl groups is 2. The Bertz CT molecular complexity index is 792. The molecule has 2 nitrogen and oxygen atoms in total. The molecule has 0 heterocycles. The molecule has 188 valence electrons. The number of phenolic OH excluding ortho intramolecular Hbond substituents is 2. The molecule has 2 aromatic carbocycles. The van der Waals surface area contributed by atoms with E-state index in [0.717, 1.165) is 11.1 Å². The minimum atomic E-state index is 0. The fraction of sp³-hybridized carbons (Fsp3) is 0.571. The van der Waals surface area contributed by atoms with Crippen molar-refractivity contribution >= 4 is 24.8 Å². The van der Waals surface area contributed by atoms with Gasteiger partial charge in [0.25, 0.3) is 0 Å². The van der Waals surface area contributed by atoms with E-state index in [0.29, 0.717) is 11.5 Å². The van der Waals surface area contributed by atoms with E-state index in [4.69, 9.17) is 0 Å². The van der Waals surface area contributed by atoms with Gasteiger partial charge in [0.2, 0.25) is 0 Å². The quantitative estimate of drug-likeness (QED) is 0.332. The smallest absolute Gasteiger partial charge is 0.119 e. The molecule has 2 rings (SSSR count). The summed E-state index contributed by atoms with van der Waals surface area (Å²) in [6.45, 7) is 25.6. The van der Waals surface area contributed by atoms with Crippen molar-refractivity contribution in [3.05, 3.63) is 58.7 Å². The zero-order chi connectivity index (χ0) is 23.7. The second-order valence-electron chi connectivity index (χ2n) is 12.5. The summed E-state index contributed by atoms with van der Waals surface area (Å²) >= 11 is 0. The van der Waals surface area contributed by atoms with E-state index in [1.807, 2.05) is 24.3 Å². The van der Waals surface area contributed by atoms with Gasteiger partial charge in [0, 0.05) is 21.7 Å². The topological polar surface area (TPSA) is 40.5 Å². The van der Waals surface area contributed by atoms with E-state index in [-0.39, 0.29) is 68.2 Å². The monoisotopic (exact) mass is 532 g/mol. The minimum Gasteiger partial charge on any atom is -0.508 e. The SMILES string of the molecule is CC(C)(C)c1ccc(C(C)(C)C)c(O)c1.CC(C)(C)c1ccc(C(C)(C)C)c(O)c1.Cl.Cl.[Ti]. The summed E-state index contributed by atoms with van der Waals surface area (Å²) in [5.74, 6) is 0.824. The maximum Gasteiger partial charge on any atom is 0.119 e. The Kier molecular flexibility index (Phi) is 14.4. The summed E-state index contributed by atoms with van der Waals surface area (Å²) < 4.78 is 0. The van der Waals surface area contributed by atoms with Crippen molar-refractivity contribution in [1.82, 2.24) is 0 Å². The zero-order valence-corrected chi connectivity index (χ0v) is 25.9. The van der Waals surface area contributed by atoms with Gasteiger partial charge in [-0.25, -0.2) is 0 Å². The van der Waals surface area contributed by atoms with Gasteiger partial charge in [-0.05, 0) is 56.0 Å². The molecule has 0 aliphatic carbocycles. The summed E-state index contributed by atoms with van der Waals surface area (Å²) in [5.41, 5.74) is 4.55.